The molecule has 0 aromatic heterocycles. The zero-order valence-electron chi connectivity index (χ0n) is 14.6. The largest absolute Gasteiger partial charge is 0.534 e. The van der Waals surface area contributed by atoms with Crippen molar-refractivity contribution in [1.82, 2.24) is 0 Å². The molecule has 0 saturated heterocycles. The number of hydrogen-bond acceptors (Lipinski definition) is 4. The zero-order chi connectivity index (χ0) is 19.9. The maximum absolute atomic E-state index is 11.8. The van der Waals surface area contributed by atoms with Gasteiger partial charge in [0.05, 0.1) is 0 Å². The highest BCUT2D eigenvalue weighted by Crippen LogP contribution is 2.26. The fraction of sp³-hybridized carbons (Fsp3) is 0.294. The average molecular weight is 379 g/mol. The molecule has 0 aliphatic rings. The van der Waals surface area contributed by atoms with E-state index in [4.69, 9.17) is 5.73 Å². The van der Waals surface area contributed by atoms with Gasteiger partial charge in [0.25, 0.3) is 0 Å². The van der Waals surface area contributed by atoms with Gasteiger partial charge in [-0.1, -0.05) is 64.1 Å². The number of alkyl halides is 3. The van der Waals surface area contributed by atoms with E-state index in [0.717, 1.165) is 17.8 Å². The predicted octanol–water partition coefficient (Wildman–Crippen LogP) is 5.24. The van der Waals surface area contributed by atoms with Crippen LogP contribution in [-0.4, -0.2) is 13.9 Å². The minimum absolute atomic E-state index is 0.371. The number of benzene rings is 2. The van der Waals surface area contributed by atoms with Crippen molar-refractivity contribution in [3.63, 3.8) is 0 Å². The van der Waals surface area contributed by atoms with Crippen LogP contribution in [0.25, 0.3) is 0 Å². The number of rotatable bonds is 2. The first-order valence-corrected chi connectivity index (χ1v) is 8.99. The molecule has 2 aromatic rings. The third kappa shape index (κ3) is 11.0. The molecule has 0 aliphatic heterocycles. The molecule has 2 N–H and O–H groups in total. The summed E-state index contributed by atoms with van der Waals surface area (Å²) in [5.74, 6) is -0.371. The SMILES string of the molecule is CC.CC.Nc1ccccc1.O=S(=O)(Oc1ccccc1)C(F)(F)F. The van der Waals surface area contributed by atoms with Crippen molar-refractivity contribution < 1.29 is 25.8 Å². The van der Waals surface area contributed by atoms with Gasteiger partial charge in [-0.05, 0) is 24.3 Å². The molecule has 0 heterocycles. The molecule has 4 nitrogen and oxygen atoms in total. The van der Waals surface area contributed by atoms with E-state index in [2.05, 4.69) is 4.18 Å². The lowest BCUT2D eigenvalue weighted by Crippen LogP contribution is -2.27. The number of anilines is 1. The van der Waals surface area contributed by atoms with E-state index in [0.29, 0.717) is 0 Å². The lowest BCUT2D eigenvalue weighted by atomic mass is 10.3. The van der Waals surface area contributed by atoms with Gasteiger partial charge in [-0.2, -0.15) is 21.6 Å². The quantitative estimate of drug-likeness (QED) is 0.440. The summed E-state index contributed by atoms with van der Waals surface area (Å²) in [5.41, 5.74) is 0.780. The summed E-state index contributed by atoms with van der Waals surface area (Å²) in [4.78, 5) is 0. The van der Waals surface area contributed by atoms with E-state index in [9.17, 15) is 21.6 Å². The van der Waals surface area contributed by atoms with Gasteiger partial charge in [-0.25, -0.2) is 0 Å². The van der Waals surface area contributed by atoms with Gasteiger partial charge in [0, 0.05) is 5.69 Å². The van der Waals surface area contributed by atoms with Crippen LogP contribution in [0.3, 0.4) is 0 Å². The smallest absolute Gasteiger partial charge is 0.399 e. The average Bonchev–Trinajstić information content (AvgIpc) is 2.59. The molecule has 0 radical (unpaired) electrons. The van der Waals surface area contributed by atoms with E-state index in [1.165, 1.54) is 18.2 Å². The Morgan fingerprint density at radius 2 is 1.16 bits per heavy atom. The highest BCUT2D eigenvalue weighted by atomic mass is 32.2. The standard InChI is InChI=1S/C7H5F3O3S.C6H7N.2C2H6/c8-7(9,10)14(11,12)13-6-4-2-1-3-5-6;7-6-4-2-1-3-5-6;2*1-2/h1-5H;1-5H,7H2;2*1-2H3. The Bertz CT molecular complexity index is 646. The first kappa shape index (κ1) is 25.0. The molecule has 0 bridgehead atoms. The van der Waals surface area contributed by atoms with Crippen molar-refractivity contribution in [3.05, 3.63) is 60.7 Å². The van der Waals surface area contributed by atoms with Crippen LogP contribution in [0.5, 0.6) is 5.75 Å². The van der Waals surface area contributed by atoms with E-state index in [1.54, 1.807) is 0 Å². The molecular weight excluding hydrogens is 355 g/mol. The number of hydrogen-bond donors (Lipinski definition) is 1. The minimum atomic E-state index is -5.55. The fourth-order valence-electron chi connectivity index (χ4n) is 1.10. The Morgan fingerprint density at radius 1 is 0.800 bits per heavy atom. The molecule has 0 saturated carbocycles. The Labute approximate surface area is 147 Å². The maximum atomic E-state index is 11.8. The van der Waals surface area contributed by atoms with E-state index >= 15 is 0 Å². The summed E-state index contributed by atoms with van der Waals surface area (Å²) in [6.45, 7) is 8.00. The van der Waals surface area contributed by atoms with Crippen molar-refractivity contribution >= 4 is 15.8 Å². The monoisotopic (exact) mass is 379 g/mol. The topological polar surface area (TPSA) is 69.4 Å². The molecule has 0 unspecified atom stereocenters. The Kier molecular flexibility index (Phi) is 13.1. The highest BCUT2D eigenvalue weighted by molar-refractivity contribution is 7.87. The lowest BCUT2D eigenvalue weighted by Gasteiger charge is -2.08. The minimum Gasteiger partial charge on any atom is -0.399 e. The van der Waals surface area contributed by atoms with Gasteiger partial charge in [-0.15, -0.1) is 0 Å². The van der Waals surface area contributed by atoms with Crippen LogP contribution in [0, 0.1) is 0 Å². The summed E-state index contributed by atoms with van der Waals surface area (Å²) in [6, 6.07) is 16.0. The van der Waals surface area contributed by atoms with Crippen LogP contribution in [0.2, 0.25) is 0 Å². The van der Waals surface area contributed by atoms with Crippen LogP contribution in [0.15, 0.2) is 60.7 Å². The molecule has 0 fully saturated rings. The third-order valence-electron chi connectivity index (χ3n) is 2.03. The molecule has 25 heavy (non-hydrogen) atoms. The normalized spacial score (nSPS) is 9.88. The van der Waals surface area contributed by atoms with Gasteiger partial charge in [0.15, 0.2) is 0 Å². The molecule has 2 rings (SSSR count). The molecular formula is C17H24F3NO3S. The number of halogens is 3. The zero-order valence-corrected chi connectivity index (χ0v) is 15.4. The van der Waals surface area contributed by atoms with Crippen LogP contribution < -0.4 is 9.92 Å². The Hall–Kier alpha value is -2.22. The number of nitrogen functional groups attached to an aromatic ring is 1. The van der Waals surface area contributed by atoms with Crippen LogP contribution in [0.4, 0.5) is 18.9 Å². The molecule has 0 amide bonds. The number of nitrogens with two attached hydrogens (primary N) is 1. The van der Waals surface area contributed by atoms with Crippen molar-refractivity contribution in [2.75, 3.05) is 5.73 Å². The molecule has 8 heteroatoms. The van der Waals surface area contributed by atoms with Crippen molar-refractivity contribution in [2.45, 2.75) is 33.2 Å². The summed E-state index contributed by atoms with van der Waals surface area (Å²) >= 11 is 0. The Balaban J connectivity index is 0. The van der Waals surface area contributed by atoms with Crippen molar-refractivity contribution in [2.24, 2.45) is 0 Å². The van der Waals surface area contributed by atoms with Crippen LogP contribution in [-0.2, 0) is 10.1 Å². The van der Waals surface area contributed by atoms with E-state index < -0.39 is 15.6 Å². The van der Waals surface area contributed by atoms with Crippen molar-refractivity contribution in [3.8, 4) is 5.75 Å². The second-order valence-corrected chi connectivity index (χ2v) is 5.24. The third-order valence-corrected chi connectivity index (χ3v) is 3.01. The summed E-state index contributed by atoms with van der Waals surface area (Å²) in [7, 11) is -5.55. The van der Waals surface area contributed by atoms with Crippen molar-refractivity contribution in [1.29, 1.82) is 0 Å². The first-order valence-electron chi connectivity index (χ1n) is 7.59. The maximum Gasteiger partial charge on any atom is 0.534 e. The molecule has 0 atom stereocenters. The van der Waals surface area contributed by atoms with Crippen LogP contribution in [0.1, 0.15) is 27.7 Å². The lowest BCUT2D eigenvalue weighted by molar-refractivity contribution is -0.0500. The van der Waals surface area contributed by atoms with Gasteiger partial charge in [0.2, 0.25) is 0 Å². The molecule has 2 aromatic carbocycles. The first-order chi connectivity index (χ1) is 11.7. The second-order valence-electron chi connectivity index (χ2n) is 3.71. The molecule has 142 valence electrons. The predicted molar refractivity (Wildman–Crippen MR) is 95.6 cm³/mol. The van der Waals surface area contributed by atoms with Gasteiger partial charge in [0.1, 0.15) is 5.75 Å². The highest BCUT2D eigenvalue weighted by Gasteiger charge is 2.48. The summed E-state index contributed by atoms with van der Waals surface area (Å²) in [6.07, 6.45) is 0. The fourth-order valence-corrected chi connectivity index (χ4v) is 1.56. The molecule has 0 spiro atoms. The van der Waals surface area contributed by atoms with Gasteiger partial charge < -0.3 is 9.92 Å². The van der Waals surface area contributed by atoms with E-state index in [1.807, 2.05) is 58.0 Å². The van der Waals surface area contributed by atoms with Crippen LogP contribution >= 0.6 is 0 Å². The Morgan fingerprint density at radius 3 is 1.44 bits per heavy atom. The van der Waals surface area contributed by atoms with Gasteiger partial charge >= 0.3 is 15.6 Å². The van der Waals surface area contributed by atoms with Gasteiger partial charge in [-0.3, -0.25) is 0 Å². The van der Waals surface area contributed by atoms with E-state index in [-0.39, 0.29) is 5.75 Å². The molecule has 0 aliphatic carbocycles. The summed E-state index contributed by atoms with van der Waals surface area (Å²) < 4.78 is 60.2. The number of para-hydroxylation sites is 2. The summed E-state index contributed by atoms with van der Waals surface area (Å²) in [5, 5.41) is 0. The second kappa shape index (κ2) is 13.1.